The first-order valence-electron chi connectivity index (χ1n) is 9.29. The summed E-state index contributed by atoms with van der Waals surface area (Å²) in [4.78, 5) is 2.56. The molecule has 3 nitrogen and oxygen atoms in total. The molecule has 0 aliphatic carbocycles. The molecule has 3 aromatic rings. The maximum Gasteiger partial charge on any atom is 0.119 e. The third-order valence-electron chi connectivity index (χ3n) is 5.44. The highest BCUT2D eigenvalue weighted by Crippen LogP contribution is 2.22. The number of fused-ring (bicyclic) bond motifs is 1. The van der Waals surface area contributed by atoms with Crippen molar-refractivity contribution in [3.05, 3.63) is 88.7 Å². The standard InChI is InChI=1S/C23H26N2O/c1-18-21(16-24-12-10-20-7-3-4-8-22(20)17-24)11-13-25(18)15-19-6-5-9-23(14-19)26-2/h3-9,11,13-14H,10,12,15-17H2,1-2H3. The van der Waals surface area contributed by atoms with Gasteiger partial charge < -0.3 is 9.30 Å². The van der Waals surface area contributed by atoms with E-state index < -0.39 is 0 Å². The van der Waals surface area contributed by atoms with Crippen molar-refractivity contribution in [2.45, 2.75) is 33.0 Å². The fourth-order valence-corrected chi connectivity index (χ4v) is 3.83. The first-order valence-corrected chi connectivity index (χ1v) is 9.29. The highest BCUT2D eigenvalue weighted by atomic mass is 16.5. The number of rotatable bonds is 5. The zero-order valence-corrected chi connectivity index (χ0v) is 15.6. The predicted octanol–water partition coefficient (Wildman–Crippen LogP) is 4.41. The molecule has 0 amide bonds. The molecule has 134 valence electrons. The van der Waals surface area contributed by atoms with Gasteiger partial charge in [-0.1, -0.05) is 36.4 Å². The fourth-order valence-electron chi connectivity index (χ4n) is 3.83. The van der Waals surface area contributed by atoms with Crippen LogP contribution in [-0.4, -0.2) is 23.1 Å². The fraction of sp³-hybridized carbons (Fsp3) is 0.304. The van der Waals surface area contributed by atoms with Crippen molar-refractivity contribution in [3.8, 4) is 5.75 Å². The van der Waals surface area contributed by atoms with Crippen LogP contribution in [0.4, 0.5) is 0 Å². The normalized spacial score (nSPS) is 14.2. The highest BCUT2D eigenvalue weighted by molar-refractivity contribution is 5.31. The van der Waals surface area contributed by atoms with Gasteiger partial charge in [0.05, 0.1) is 7.11 Å². The van der Waals surface area contributed by atoms with Gasteiger partial charge in [0.15, 0.2) is 0 Å². The second-order valence-corrected chi connectivity index (χ2v) is 7.14. The van der Waals surface area contributed by atoms with Crippen LogP contribution in [0.5, 0.6) is 5.75 Å². The van der Waals surface area contributed by atoms with Crippen molar-refractivity contribution in [1.82, 2.24) is 9.47 Å². The molecule has 3 heteroatoms. The third-order valence-corrected chi connectivity index (χ3v) is 5.44. The number of hydrogen-bond acceptors (Lipinski definition) is 2. The summed E-state index contributed by atoms with van der Waals surface area (Å²) in [6.45, 7) is 6.32. The van der Waals surface area contributed by atoms with E-state index in [1.807, 2.05) is 6.07 Å². The van der Waals surface area contributed by atoms with Crippen molar-refractivity contribution in [2.75, 3.05) is 13.7 Å². The number of aromatic nitrogens is 1. The smallest absolute Gasteiger partial charge is 0.119 e. The number of benzene rings is 2. The molecule has 1 aromatic heterocycles. The molecule has 0 radical (unpaired) electrons. The van der Waals surface area contributed by atoms with E-state index in [9.17, 15) is 0 Å². The Labute approximate surface area is 155 Å². The SMILES string of the molecule is COc1cccc(Cn2ccc(CN3CCc4ccccc4C3)c2C)c1. The second kappa shape index (κ2) is 7.38. The van der Waals surface area contributed by atoms with Crippen molar-refractivity contribution in [3.63, 3.8) is 0 Å². The maximum absolute atomic E-state index is 5.34. The molecule has 2 heterocycles. The number of ether oxygens (including phenoxy) is 1. The average Bonchev–Trinajstić information content (AvgIpc) is 3.01. The molecule has 0 N–H and O–H groups in total. The summed E-state index contributed by atoms with van der Waals surface area (Å²) in [5.41, 5.74) is 7.03. The average molecular weight is 346 g/mol. The van der Waals surface area contributed by atoms with E-state index in [2.05, 4.69) is 71.1 Å². The van der Waals surface area contributed by atoms with Crippen LogP contribution in [0, 0.1) is 6.92 Å². The Morgan fingerprint density at radius 1 is 0.962 bits per heavy atom. The van der Waals surface area contributed by atoms with Gasteiger partial charge in [-0.15, -0.1) is 0 Å². The molecular weight excluding hydrogens is 320 g/mol. The predicted molar refractivity (Wildman–Crippen MR) is 106 cm³/mol. The molecule has 0 saturated heterocycles. The molecule has 0 unspecified atom stereocenters. The van der Waals surface area contributed by atoms with E-state index in [4.69, 9.17) is 4.74 Å². The first kappa shape index (κ1) is 16.9. The Morgan fingerprint density at radius 2 is 1.81 bits per heavy atom. The highest BCUT2D eigenvalue weighted by Gasteiger charge is 2.17. The van der Waals surface area contributed by atoms with Gasteiger partial charge in [-0.25, -0.2) is 0 Å². The summed E-state index contributed by atoms with van der Waals surface area (Å²) in [6, 6.07) is 19.4. The van der Waals surface area contributed by atoms with Gasteiger partial charge >= 0.3 is 0 Å². The van der Waals surface area contributed by atoms with Gasteiger partial charge in [-0.3, -0.25) is 4.90 Å². The molecular formula is C23H26N2O. The minimum Gasteiger partial charge on any atom is -0.497 e. The van der Waals surface area contributed by atoms with Gasteiger partial charge in [0, 0.05) is 38.1 Å². The molecule has 0 atom stereocenters. The summed E-state index contributed by atoms with van der Waals surface area (Å²) >= 11 is 0. The van der Waals surface area contributed by atoms with E-state index in [-0.39, 0.29) is 0 Å². The number of hydrogen-bond donors (Lipinski definition) is 0. The van der Waals surface area contributed by atoms with E-state index in [1.165, 1.54) is 27.9 Å². The Morgan fingerprint density at radius 3 is 2.65 bits per heavy atom. The second-order valence-electron chi connectivity index (χ2n) is 7.14. The molecule has 4 rings (SSSR count). The van der Waals surface area contributed by atoms with E-state index in [0.717, 1.165) is 38.3 Å². The zero-order valence-electron chi connectivity index (χ0n) is 15.6. The molecule has 2 aromatic carbocycles. The van der Waals surface area contributed by atoms with Crippen LogP contribution in [0.25, 0.3) is 0 Å². The third kappa shape index (κ3) is 3.54. The minimum atomic E-state index is 0.881. The first-order chi connectivity index (χ1) is 12.7. The van der Waals surface area contributed by atoms with Crippen LogP contribution in [0.2, 0.25) is 0 Å². The van der Waals surface area contributed by atoms with Crippen LogP contribution in [-0.2, 0) is 26.1 Å². The number of nitrogens with zero attached hydrogens (tertiary/aromatic N) is 2. The molecule has 26 heavy (non-hydrogen) atoms. The topological polar surface area (TPSA) is 17.4 Å². The summed E-state index contributed by atoms with van der Waals surface area (Å²) in [5, 5.41) is 0. The quantitative estimate of drug-likeness (QED) is 0.681. The van der Waals surface area contributed by atoms with Gasteiger partial charge in [0.1, 0.15) is 5.75 Å². The lowest BCUT2D eigenvalue weighted by Gasteiger charge is -2.28. The van der Waals surface area contributed by atoms with E-state index >= 15 is 0 Å². The van der Waals surface area contributed by atoms with Crippen LogP contribution in [0.1, 0.15) is 27.9 Å². The molecule has 0 bridgehead atoms. The largest absolute Gasteiger partial charge is 0.497 e. The minimum absolute atomic E-state index is 0.881. The van der Waals surface area contributed by atoms with Crippen molar-refractivity contribution < 1.29 is 4.74 Å². The van der Waals surface area contributed by atoms with Crippen molar-refractivity contribution >= 4 is 0 Å². The number of methoxy groups -OCH3 is 1. The Kier molecular flexibility index (Phi) is 4.81. The molecule has 1 aliphatic heterocycles. The molecule has 0 fully saturated rings. The van der Waals surface area contributed by atoms with Crippen LogP contribution in [0.3, 0.4) is 0 Å². The summed E-state index contributed by atoms with van der Waals surface area (Å²) in [7, 11) is 1.72. The lowest BCUT2D eigenvalue weighted by atomic mass is 9.99. The van der Waals surface area contributed by atoms with Crippen LogP contribution in [0.15, 0.2) is 60.8 Å². The van der Waals surface area contributed by atoms with Crippen molar-refractivity contribution in [2.24, 2.45) is 0 Å². The summed E-state index contributed by atoms with van der Waals surface area (Å²) < 4.78 is 7.68. The lowest BCUT2D eigenvalue weighted by molar-refractivity contribution is 0.245. The van der Waals surface area contributed by atoms with Crippen LogP contribution < -0.4 is 4.74 Å². The van der Waals surface area contributed by atoms with Gasteiger partial charge in [-0.2, -0.15) is 0 Å². The maximum atomic E-state index is 5.34. The Hall–Kier alpha value is -2.52. The lowest BCUT2D eigenvalue weighted by Crippen LogP contribution is -2.30. The van der Waals surface area contributed by atoms with Gasteiger partial charge in [0.25, 0.3) is 0 Å². The van der Waals surface area contributed by atoms with E-state index in [1.54, 1.807) is 7.11 Å². The molecule has 0 spiro atoms. The Balaban J connectivity index is 1.46. The molecule has 0 saturated carbocycles. The summed E-state index contributed by atoms with van der Waals surface area (Å²) in [6.07, 6.45) is 3.36. The van der Waals surface area contributed by atoms with Crippen LogP contribution >= 0.6 is 0 Å². The summed E-state index contributed by atoms with van der Waals surface area (Å²) in [5.74, 6) is 0.916. The van der Waals surface area contributed by atoms with E-state index in [0.29, 0.717) is 0 Å². The monoisotopic (exact) mass is 346 g/mol. The van der Waals surface area contributed by atoms with Gasteiger partial charge in [0.2, 0.25) is 0 Å². The molecule has 1 aliphatic rings. The zero-order chi connectivity index (χ0) is 17.9. The Bertz CT molecular complexity index is 897. The van der Waals surface area contributed by atoms with Gasteiger partial charge in [-0.05, 0) is 53.8 Å². The van der Waals surface area contributed by atoms with Crippen molar-refractivity contribution in [1.29, 1.82) is 0 Å².